The van der Waals surface area contributed by atoms with Crippen LogP contribution in [0.2, 0.25) is 0 Å². The Morgan fingerprint density at radius 1 is 1.19 bits per heavy atom. The van der Waals surface area contributed by atoms with E-state index in [-0.39, 0.29) is 6.10 Å². The number of aromatic nitrogens is 1. The molecular formula is C21H24N2O3S. The number of oxazole rings is 1. The number of hydrogen-bond donors (Lipinski definition) is 0. The summed E-state index contributed by atoms with van der Waals surface area (Å²) in [6, 6.07) is 9.88. The van der Waals surface area contributed by atoms with E-state index in [1.165, 1.54) is 0 Å². The third kappa shape index (κ3) is 4.17. The lowest BCUT2D eigenvalue weighted by Crippen LogP contribution is -2.38. The van der Waals surface area contributed by atoms with Gasteiger partial charge in [-0.25, -0.2) is 4.98 Å². The molecule has 0 unspecified atom stereocenters. The Balaban J connectivity index is 1.33. The number of nitrogens with zero attached hydrogens (tertiary/aromatic N) is 2. The number of thiophene rings is 1. The van der Waals surface area contributed by atoms with E-state index in [2.05, 4.69) is 10.3 Å². The highest BCUT2D eigenvalue weighted by Crippen LogP contribution is 2.29. The summed E-state index contributed by atoms with van der Waals surface area (Å²) in [6.45, 7) is 4.79. The molecule has 0 spiro atoms. The number of para-hydroxylation sites is 2. The Bertz CT molecular complexity index is 867. The van der Waals surface area contributed by atoms with E-state index in [1.807, 2.05) is 42.6 Å². The van der Waals surface area contributed by atoms with Crippen molar-refractivity contribution in [3.63, 3.8) is 0 Å². The van der Waals surface area contributed by atoms with Crippen LogP contribution in [0, 0.1) is 6.92 Å². The van der Waals surface area contributed by atoms with Crippen LogP contribution < -0.4 is 9.47 Å². The Hall–Kier alpha value is -2.31. The molecule has 0 N–H and O–H groups in total. The maximum Gasteiger partial charge on any atom is 0.227 e. The highest BCUT2D eigenvalue weighted by atomic mass is 32.1. The van der Waals surface area contributed by atoms with Crippen LogP contribution in [-0.2, 0) is 6.54 Å². The van der Waals surface area contributed by atoms with Crippen molar-refractivity contribution in [2.45, 2.75) is 32.4 Å². The van der Waals surface area contributed by atoms with Gasteiger partial charge in [-0.15, -0.1) is 0 Å². The predicted molar refractivity (Wildman–Crippen MR) is 106 cm³/mol. The fourth-order valence-corrected chi connectivity index (χ4v) is 4.01. The molecule has 1 saturated heterocycles. The average molecular weight is 385 g/mol. The van der Waals surface area contributed by atoms with Crippen LogP contribution in [0.4, 0.5) is 0 Å². The van der Waals surface area contributed by atoms with Crippen LogP contribution >= 0.6 is 11.3 Å². The molecule has 0 aliphatic carbocycles. The van der Waals surface area contributed by atoms with Gasteiger partial charge in [0.15, 0.2) is 11.5 Å². The van der Waals surface area contributed by atoms with E-state index in [0.717, 1.165) is 66.9 Å². The molecule has 0 radical (unpaired) electrons. The van der Waals surface area contributed by atoms with Gasteiger partial charge in [-0.05, 0) is 43.3 Å². The minimum atomic E-state index is 0.220. The van der Waals surface area contributed by atoms with Crippen molar-refractivity contribution in [2.24, 2.45) is 0 Å². The van der Waals surface area contributed by atoms with Gasteiger partial charge in [0.05, 0.1) is 12.8 Å². The van der Waals surface area contributed by atoms with Crippen LogP contribution in [0.25, 0.3) is 11.5 Å². The summed E-state index contributed by atoms with van der Waals surface area (Å²) >= 11 is 1.66. The molecule has 27 heavy (non-hydrogen) atoms. The van der Waals surface area contributed by atoms with Crippen LogP contribution in [0.3, 0.4) is 0 Å². The Morgan fingerprint density at radius 2 is 1.96 bits per heavy atom. The number of hydrogen-bond acceptors (Lipinski definition) is 6. The SMILES string of the molecule is COc1ccccc1OC1CCN(Cc2nc(-c3ccsc3)oc2C)CC1. The first-order chi connectivity index (χ1) is 13.2. The number of piperidine rings is 1. The summed E-state index contributed by atoms with van der Waals surface area (Å²) in [5.41, 5.74) is 2.08. The summed E-state index contributed by atoms with van der Waals surface area (Å²) in [4.78, 5) is 7.13. The third-order valence-corrected chi connectivity index (χ3v) is 5.61. The van der Waals surface area contributed by atoms with Crippen molar-refractivity contribution in [3.05, 3.63) is 52.5 Å². The van der Waals surface area contributed by atoms with Crippen molar-refractivity contribution in [3.8, 4) is 23.0 Å². The van der Waals surface area contributed by atoms with Gasteiger partial charge < -0.3 is 13.9 Å². The van der Waals surface area contributed by atoms with Gasteiger partial charge in [0.2, 0.25) is 5.89 Å². The lowest BCUT2D eigenvalue weighted by Gasteiger charge is -2.32. The van der Waals surface area contributed by atoms with Crippen molar-refractivity contribution in [2.75, 3.05) is 20.2 Å². The number of likely N-dealkylation sites (tertiary alicyclic amines) is 1. The summed E-state index contributed by atoms with van der Waals surface area (Å²) in [5.74, 6) is 3.24. The molecule has 142 valence electrons. The zero-order valence-corrected chi connectivity index (χ0v) is 16.5. The standard InChI is InChI=1S/C21H24N2O3S/c1-15-18(22-21(25-15)16-9-12-27-14-16)13-23-10-7-17(8-11-23)26-20-6-4-3-5-19(20)24-2/h3-6,9,12,14,17H,7-8,10-11,13H2,1-2H3. The van der Waals surface area contributed by atoms with Crippen molar-refractivity contribution in [1.82, 2.24) is 9.88 Å². The number of ether oxygens (including phenoxy) is 2. The number of methoxy groups -OCH3 is 1. The van der Waals surface area contributed by atoms with Gasteiger partial charge in [-0.3, -0.25) is 4.90 Å². The highest BCUT2D eigenvalue weighted by molar-refractivity contribution is 7.08. The molecule has 1 fully saturated rings. The van der Waals surface area contributed by atoms with Gasteiger partial charge in [0.25, 0.3) is 0 Å². The molecule has 6 heteroatoms. The number of rotatable bonds is 6. The maximum absolute atomic E-state index is 6.17. The smallest absolute Gasteiger partial charge is 0.227 e. The van der Waals surface area contributed by atoms with Crippen LogP contribution in [0.1, 0.15) is 24.3 Å². The average Bonchev–Trinajstić information content (AvgIpc) is 3.34. The Kier molecular flexibility index (Phi) is 5.45. The summed E-state index contributed by atoms with van der Waals surface area (Å²) < 4.78 is 17.4. The largest absolute Gasteiger partial charge is 0.493 e. The van der Waals surface area contributed by atoms with E-state index >= 15 is 0 Å². The maximum atomic E-state index is 6.17. The molecule has 5 nitrogen and oxygen atoms in total. The predicted octanol–water partition coefficient (Wildman–Crippen LogP) is 4.76. The van der Waals surface area contributed by atoms with E-state index in [4.69, 9.17) is 18.9 Å². The molecular weight excluding hydrogens is 360 g/mol. The van der Waals surface area contributed by atoms with Crippen molar-refractivity contribution >= 4 is 11.3 Å². The second kappa shape index (κ2) is 8.15. The monoisotopic (exact) mass is 384 g/mol. The van der Waals surface area contributed by atoms with Gasteiger partial charge in [0.1, 0.15) is 11.9 Å². The fourth-order valence-electron chi connectivity index (χ4n) is 3.38. The molecule has 1 aromatic carbocycles. The minimum Gasteiger partial charge on any atom is -0.493 e. The zero-order chi connectivity index (χ0) is 18.6. The molecule has 0 bridgehead atoms. The first kappa shape index (κ1) is 18.1. The molecule has 0 amide bonds. The lowest BCUT2D eigenvalue weighted by molar-refractivity contribution is 0.0935. The quantitative estimate of drug-likeness (QED) is 0.613. The summed E-state index contributed by atoms with van der Waals surface area (Å²) in [5, 5.41) is 4.11. The molecule has 1 aliphatic heterocycles. The molecule has 4 rings (SSSR count). The molecule has 1 aliphatic rings. The second-order valence-corrected chi connectivity index (χ2v) is 7.56. The van der Waals surface area contributed by atoms with E-state index < -0.39 is 0 Å². The molecule has 2 aromatic heterocycles. The van der Waals surface area contributed by atoms with E-state index in [1.54, 1.807) is 18.4 Å². The topological polar surface area (TPSA) is 47.7 Å². The van der Waals surface area contributed by atoms with Gasteiger partial charge in [-0.1, -0.05) is 12.1 Å². The van der Waals surface area contributed by atoms with Gasteiger partial charge >= 0.3 is 0 Å². The van der Waals surface area contributed by atoms with Crippen molar-refractivity contribution in [1.29, 1.82) is 0 Å². The van der Waals surface area contributed by atoms with E-state index in [9.17, 15) is 0 Å². The van der Waals surface area contributed by atoms with Gasteiger partial charge in [-0.2, -0.15) is 11.3 Å². The fraction of sp³-hybridized carbons (Fsp3) is 0.381. The number of benzene rings is 1. The molecule has 0 atom stereocenters. The van der Waals surface area contributed by atoms with Crippen LogP contribution in [0.15, 0.2) is 45.5 Å². The zero-order valence-electron chi connectivity index (χ0n) is 15.7. The molecule has 0 saturated carbocycles. The van der Waals surface area contributed by atoms with Crippen LogP contribution in [0.5, 0.6) is 11.5 Å². The molecule has 3 heterocycles. The Labute approximate surface area is 163 Å². The minimum absolute atomic E-state index is 0.220. The summed E-state index contributed by atoms with van der Waals surface area (Å²) in [6.07, 6.45) is 2.20. The van der Waals surface area contributed by atoms with Crippen molar-refractivity contribution < 1.29 is 13.9 Å². The summed E-state index contributed by atoms with van der Waals surface area (Å²) in [7, 11) is 1.68. The third-order valence-electron chi connectivity index (χ3n) is 4.93. The highest BCUT2D eigenvalue weighted by Gasteiger charge is 2.23. The number of aryl methyl sites for hydroxylation is 1. The van der Waals surface area contributed by atoms with E-state index in [0.29, 0.717) is 0 Å². The molecule has 3 aromatic rings. The first-order valence-corrected chi connectivity index (χ1v) is 10.2. The lowest BCUT2D eigenvalue weighted by atomic mass is 10.1. The van der Waals surface area contributed by atoms with Gasteiger partial charge in [0, 0.05) is 30.6 Å². The van der Waals surface area contributed by atoms with Crippen LogP contribution in [-0.4, -0.2) is 36.2 Å². The Morgan fingerprint density at radius 3 is 2.67 bits per heavy atom. The normalized spacial score (nSPS) is 15.8. The first-order valence-electron chi connectivity index (χ1n) is 9.24. The second-order valence-electron chi connectivity index (χ2n) is 6.78.